The van der Waals surface area contributed by atoms with Crippen molar-refractivity contribution in [1.29, 1.82) is 5.26 Å². The summed E-state index contributed by atoms with van der Waals surface area (Å²) in [5.41, 5.74) is 0.258. The van der Waals surface area contributed by atoms with E-state index in [1.807, 2.05) is 6.07 Å². The first-order valence-electron chi connectivity index (χ1n) is 5.09. The molecule has 17 heavy (non-hydrogen) atoms. The molecule has 1 aromatic rings. The van der Waals surface area contributed by atoms with Crippen LogP contribution in [0.25, 0.3) is 0 Å². The van der Waals surface area contributed by atoms with Crippen molar-refractivity contribution in [3.8, 4) is 6.07 Å². The Bertz CT molecular complexity index is 520. The SMILES string of the molecule is CC1C(=O)NC(=O)CN1c1cccc(C#N)n1. The number of hydrogen-bond acceptors (Lipinski definition) is 5. The van der Waals surface area contributed by atoms with Crippen molar-refractivity contribution < 1.29 is 9.59 Å². The predicted molar refractivity (Wildman–Crippen MR) is 58.9 cm³/mol. The van der Waals surface area contributed by atoms with E-state index in [1.165, 1.54) is 0 Å². The van der Waals surface area contributed by atoms with Gasteiger partial charge in [0.15, 0.2) is 0 Å². The molecule has 1 unspecified atom stereocenters. The zero-order chi connectivity index (χ0) is 12.4. The third kappa shape index (κ3) is 2.08. The van der Waals surface area contributed by atoms with Crippen LogP contribution in [0.2, 0.25) is 0 Å². The van der Waals surface area contributed by atoms with E-state index in [0.717, 1.165) is 0 Å². The van der Waals surface area contributed by atoms with E-state index in [4.69, 9.17) is 5.26 Å². The van der Waals surface area contributed by atoms with Gasteiger partial charge in [0.1, 0.15) is 23.6 Å². The van der Waals surface area contributed by atoms with Crippen molar-refractivity contribution in [2.24, 2.45) is 0 Å². The fourth-order valence-corrected chi connectivity index (χ4v) is 1.64. The van der Waals surface area contributed by atoms with E-state index in [1.54, 1.807) is 30.0 Å². The molecule has 0 aliphatic carbocycles. The van der Waals surface area contributed by atoms with Crippen molar-refractivity contribution in [2.75, 3.05) is 11.4 Å². The molecule has 0 saturated carbocycles. The Morgan fingerprint density at radius 2 is 2.29 bits per heavy atom. The number of piperazine rings is 1. The van der Waals surface area contributed by atoms with E-state index in [9.17, 15) is 9.59 Å². The number of imide groups is 1. The summed E-state index contributed by atoms with van der Waals surface area (Å²) in [5, 5.41) is 11.0. The molecule has 1 aromatic heterocycles. The zero-order valence-corrected chi connectivity index (χ0v) is 9.17. The summed E-state index contributed by atoms with van der Waals surface area (Å²) in [6.07, 6.45) is 0. The number of rotatable bonds is 1. The predicted octanol–water partition coefficient (Wildman–Crippen LogP) is -0.195. The number of carbonyl (C=O) groups excluding carboxylic acids is 2. The van der Waals surface area contributed by atoms with Crippen LogP contribution in [0, 0.1) is 11.3 Å². The van der Waals surface area contributed by atoms with Gasteiger partial charge < -0.3 is 4.90 Å². The summed E-state index contributed by atoms with van der Waals surface area (Å²) in [5.74, 6) is -0.262. The molecule has 1 aliphatic rings. The van der Waals surface area contributed by atoms with Crippen LogP contribution in [0.1, 0.15) is 12.6 Å². The van der Waals surface area contributed by atoms with Crippen molar-refractivity contribution >= 4 is 17.6 Å². The molecule has 0 spiro atoms. The summed E-state index contributed by atoms with van der Waals surface area (Å²) < 4.78 is 0. The lowest BCUT2D eigenvalue weighted by atomic mass is 10.2. The standard InChI is InChI=1S/C11H10N4O2/c1-7-11(17)14-10(16)6-15(7)9-4-2-3-8(5-12)13-9/h2-4,7H,6H2,1H3,(H,14,16,17). The first kappa shape index (κ1) is 11.1. The number of anilines is 1. The molecule has 0 radical (unpaired) electrons. The number of pyridine rings is 1. The van der Waals surface area contributed by atoms with Crippen LogP contribution in [0.3, 0.4) is 0 Å². The molecular formula is C11H10N4O2. The Hall–Kier alpha value is -2.42. The van der Waals surface area contributed by atoms with Crippen molar-refractivity contribution in [2.45, 2.75) is 13.0 Å². The third-order valence-electron chi connectivity index (χ3n) is 2.57. The maximum atomic E-state index is 11.5. The molecule has 0 bridgehead atoms. The molecular weight excluding hydrogens is 220 g/mol. The van der Waals surface area contributed by atoms with Crippen LogP contribution in [-0.4, -0.2) is 29.4 Å². The second-order valence-corrected chi connectivity index (χ2v) is 3.71. The maximum Gasteiger partial charge on any atom is 0.249 e. The van der Waals surface area contributed by atoms with Crippen LogP contribution in [0.15, 0.2) is 18.2 Å². The largest absolute Gasteiger partial charge is 0.335 e. The van der Waals surface area contributed by atoms with Crippen LogP contribution in [0.5, 0.6) is 0 Å². The number of aromatic nitrogens is 1. The molecule has 1 saturated heterocycles. The fraction of sp³-hybridized carbons (Fsp3) is 0.273. The summed E-state index contributed by atoms with van der Waals surface area (Å²) in [7, 11) is 0. The minimum Gasteiger partial charge on any atom is -0.335 e. The number of nitrogens with zero attached hydrogens (tertiary/aromatic N) is 3. The molecule has 1 fully saturated rings. The topological polar surface area (TPSA) is 86.1 Å². The number of nitrogens with one attached hydrogen (secondary N) is 1. The smallest absolute Gasteiger partial charge is 0.249 e. The average molecular weight is 230 g/mol. The molecule has 6 heteroatoms. The highest BCUT2D eigenvalue weighted by atomic mass is 16.2. The quantitative estimate of drug-likeness (QED) is 0.675. The van der Waals surface area contributed by atoms with Gasteiger partial charge in [-0.1, -0.05) is 6.07 Å². The summed E-state index contributed by atoms with van der Waals surface area (Å²) >= 11 is 0. The molecule has 1 N–H and O–H groups in total. The highest BCUT2D eigenvalue weighted by molar-refractivity contribution is 6.04. The number of carbonyl (C=O) groups is 2. The van der Waals surface area contributed by atoms with Crippen LogP contribution < -0.4 is 10.2 Å². The molecule has 2 rings (SSSR count). The average Bonchev–Trinajstić information content (AvgIpc) is 2.34. The second-order valence-electron chi connectivity index (χ2n) is 3.71. The fourth-order valence-electron chi connectivity index (χ4n) is 1.64. The summed E-state index contributed by atoms with van der Waals surface area (Å²) in [4.78, 5) is 28.4. The highest BCUT2D eigenvalue weighted by Crippen LogP contribution is 2.16. The van der Waals surface area contributed by atoms with Gasteiger partial charge in [-0.25, -0.2) is 4.98 Å². The van der Waals surface area contributed by atoms with Crippen LogP contribution in [-0.2, 0) is 9.59 Å². The normalized spacial score (nSPS) is 19.8. The Labute approximate surface area is 97.9 Å². The first-order valence-corrected chi connectivity index (χ1v) is 5.09. The molecule has 1 aliphatic heterocycles. The van der Waals surface area contributed by atoms with Crippen molar-refractivity contribution in [3.63, 3.8) is 0 Å². The lowest BCUT2D eigenvalue weighted by molar-refractivity contribution is -0.132. The van der Waals surface area contributed by atoms with Gasteiger partial charge in [0.05, 0.1) is 6.54 Å². The van der Waals surface area contributed by atoms with E-state index in [-0.39, 0.29) is 24.1 Å². The zero-order valence-electron chi connectivity index (χ0n) is 9.17. The first-order chi connectivity index (χ1) is 8.11. The Kier molecular flexibility index (Phi) is 2.75. The summed E-state index contributed by atoms with van der Waals surface area (Å²) in [6, 6.07) is 6.35. The molecule has 6 nitrogen and oxygen atoms in total. The van der Waals surface area contributed by atoms with E-state index < -0.39 is 6.04 Å². The minimum absolute atomic E-state index is 0.0643. The van der Waals surface area contributed by atoms with Gasteiger partial charge in [-0.2, -0.15) is 5.26 Å². The highest BCUT2D eigenvalue weighted by Gasteiger charge is 2.30. The Morgan fingerprint density at radius 1 is 1.53 bits per heavy atom. The van der Waals surface area contributed by atoms with Crippen molar-refractivity contribution in [1.82, 2.24) is 10.3 Å². The molecule has 86 valence electrons. The van der Waals surface area contributed by atoms with Gasteiger partial charge in [0, 0.05) is 0 Å². The molecule has 1 atom stereocenters. The third-order valence-corrected chi connectivity index (χ3v) is 2.57. The van der Waals surface area contributed by atoms with Gasteiger partial charge in [0.25, 0.3) is 0 Å². The summed E-state index contributed by atoms with van der Waals surface area (Å²) in [6.45, 7) is 1.75. The number of nitriles is 1. The maximum absolute atomic E-state index is 11.5. The molecule has 2 heterocycles. The van der Waals surface area contributed by atoms with Gasteiger partial charge in [-0.15, -0.1) is 0 Å². The van der Waals surface area contributed by atoms with E-state index in [2.05, 4.69) is 10.3 Å². The van der Waals surface area contributed by atoms with Gasteiger partial charge in [0.2, 0.25) is 11.8 Å². The van der Waals surface area contributed by atoms with Crippen LogP contribution in [0.4, 0.5) is 5.82 Å². The Morgan fingerprint density at radius 3 is 3.00 bits per heavy atom. The Balaban J connectivity index is 2.34. The number of amides is 2. The van der Waals surface area contributed by atoms with E-state index in [0.29, 0.717) is 5.82 Å². The van der Waals surface area contributed by atoms with Crippen molar-refractivity contribution in [3.05, 3.63) is 23.9 Å². The number of hydrogen-bond donors (Lipinski definition) is 1. The monoisotopic (exact) mass is 230 g/mol. The molecule has 0 aromatic carbocycles. The minimum atomic E-state index is -0.478. The van der Waals surface area contributed by atoms with E-state index >= 15 is 0 Å². The lowest BCUT2D eigenvalue weighted by Crippen LogP contribution is -2.57. The molecule has 2 amide bonds. The van der Waals surface area contributed by atoms with Gasteiger partial charge in [-0.3, -0.25) is 14.9 Å². The lowest BCUT2D eigenvalue weighted by Gasteiger charge is -2.32. The van der Waals surface area contributed by atoms with Gasteiger partial charge in [-0.05, 0) is 19.1 Å². The van der Waals surface area contributed by atoms with Gasteiger partial charge >= 0.3 is 0 Å². The second kappa shape index (κ2) is 4.22. The van der Waals surface area contributed by atoms with Crippen LogP contribution >= 0.6 is 0 Å².